The molecule has 12 nitrogen and oxygen atoms in total. The third-order valence-corrected chi connectivity index (χ3v) is 7.18. The average molecular weight is 559 g/mol. The average Bonchev–Trinajstić information content (AvgIpc) is 3.40. The largest absolute Gasteiger partial charge is 0.494 e. The van der Waals surface area contributed by atoms with Gasteiger partial charge in [-0.3, -0.25) is 4.79 Å². The van der Waals surface area contributed by atoms with Crippen LogP contribution in [0.3, 0.4) is 0 Å². The zero-order chi connectivity index (χ0) is 28.8. The lowest BCUT2D eigenvalue weighted by Gasteiger charge is -2.35. The summed E-state index contributed by atoms with van der Waals surface area (Å²) in [7, 11) is 6.12. The molecule has 0 atom stereocenters. The lowest BCUT2D eigenvalue weighted by molar-refractivity contribution is 0.0739. The van der Waals surface area contributed by atoms with Gasteiger partial charge in [-0.2, -0.15) is 5.10 Å². The van der Waals surface area contributed by atoms with Crippen LogP contribution >= 0.6 is 0 Å². The summed E-state index contributed by atoms with van der Waals surface area (Å²) < 4.78 is 7.52. The minimum Gasteiger partial charge on any atom is -0.494 e. The van der Waals surface area contributed by atoms with Crippen LogP contribution in [0.4, 0.5) is 11.6 Å². The fraction of sp³-hybridized carbons (Fsp3) is 0.448. The number of ether oxygens (including phenoxy) is 1. The molecule has 1 aromatic carbocycles. The fourth-order valence-corrected chi connectivity index (χ4v) is 4.99. The molecule has 4 heterocycles. The highest BCUT2D eigenvalue weighted by Crippen LogP contribution is 2.25. The van der Waals surface area contributed by atoms with Gasteiger partial charge in [-0.05, 0) is 63.8 Å². The lowest BCUT2D eigenvalue weighted by atomic mass is 10.2. The SMILES string of the molecule is CCOc1cccc(Cn2ncc3c(N4CCN(C(=O)c5ccc(N(C)CCCN(C)C)nn5)CC4)ncnc32)c1. The van der Waals surface area contributed by atoms with Gasteiger partial charge in [0.2, 0.25) is 0 Å². The predicted octanol–water partition coefficient (Wildman–Crippen LogP) is 2.41. The van der Waals surface area contributed by atoms with Gasteiger partial charge in [0.15, 0.2) is 17.2 Å². The highest BCUT2D eigenvalue weighted by Gasteiger charge is 2.26. The van der Waals surface area contributed by atoms with Crippen LogP contribution in [0.2, 0.25) is 0 Å². The number of benzene rings is 1. The van der Waals surface area contributed by atoms with Crippen molar-refractivity contribution in [2.24, 2.45) is 0 Å². The quantitative estimate of drug-likeness (QED) is 0.272. The Hall–Kier alpha value is -4.32. The summed E-state index contributed by atoms with van der Waals surface area (Å²) in [5.74, 6) is 2.33. The molecule has 5 rings (SSSR count). The lowest BCUT2D eigenvalue weighted by Crippen LogP contribution is -2.49. The van der Waals surface area contributed by atoms with Gasteiger partial charge in [-0.15, -0.1) is 10.2 Å². The number of carbonyl (C=O) groups is 1. The van der Waals surface area contributed by atoms with E-state index in [1.165, 1.54) is 0 Å². The molecular weight excluding hydrogens is 520 g/mol. The number of hydrogen-bond acceptors (Lipinski definition) is 10. The smallest absolute Gasteiger partial charge is 0.274 e. The predicted molar refractivity (Wildman–Crippen MR) is 159 cm³/mol. The Morgan fingerprint density at radius 1 is 1.00 bits per heavy atom. The van der Waals surface area contributed by atoms with Gasteiger partial charge in [0.1, 0.15) is 17.9 Å². The van der Waals surface area contributed by atoms with E-state index in [1.54, 1.807) is 12.4 Å². The monoisotopic (exact) mass is 558 g/mol. The van der Waals surface area contributed by atoms with Crippen LogP contribution in [0.1, 0.15) is 29.4 Å². The van der Waals surface area contributed by atoms with Crippen LogP contribution in [0, 0.1) is 0 Å². The molecule has 0 saturated carbocycles. The van der Waals surface area contributed by atoms with Crippen molar-refractivity contribution in [1.29, 1.82) is 0 Å². The van der Waals surface area contributed by atoms with Crippen molar-refractivity contribution in [2.45, 2.75) is 19.9 Å². The van der Waals surface area contributed by atoms with E-state index < -0.39 is 0 Å². The molecule has 0 N–H and O–H groups in total. The molecule has 0 radical (unpaired) electrons. The number of anilines is 2. The van der Waals surface area contributed by atoms with Crippen LogP contribution in [0.25, 0.3) is 11.0 Å². The van der Waals surface area contributed by atoms with E-state index in [9.17, 15) is 4.79 Å². The summed E-state index contributed by atoms with van der Waals surface area (Å²) in [6.07, 6.45) is 4.43. The van der Waals surface area contributed by atoms with Gasteiger partial charge < -0.3 is 24.3 Å². The normalized spacial score (nSPS) is 13.7. The Labute approximate surface area is 240 Å². The number of amides is 1. The van der Waals surface area contributed by atoms with Crippen molar-refractivity contribution in [3.05, 3.63) is 60.2 Å². The highest BCUT2D eigenvalue weighted by molar-refractivity contribution is 5.92. The third-order valence-electron chi connectivity index (χ3n) is 7.18. The molecule has 4 aromatic rings. The summed E-state index contributed by atoms with van der Waals surface area (Å²) in [5, 5.41) is 14.1. The minimum atomic E-state index is -0.103. The van der Waals surface area contributed by atoms with Crippen molar-refractivity contribution in [3.63, 3.8) is 0 Å². The van der Waals surface area contributed by atoms with E-state index in [4.69, 9.17) is 4.74 Å². The first-order valence-corrected chi connectivity index (χ1v) is 14.0. The molecule has 1 saturated heterocycles. The Morgan fingerprint density at radius 2 is 1.83 bits per heavy atom. The van der Waals surface area contributed by atoms with E-state index in [0.29, 0.717) is 45.0 Å². The molecule has 41 heavy (non-hydrogen) atoms. The molecule has 1 aliphatic heterocycles. The van der Waals surface area contributed by atoms with E-state index in [-0.39, 0.29) is 5.91 Å². The number of aromatic nitrogens is 6. The second-order valence-corrected chi connectivity index (χ2v) is 10.5. The minimum absolute atomic E-state index is 0.103. The van der Waals surface area contributed by atoms with Crippen molar-refractivity contribution in [1.82, 2.24) is 39.7 Å². The van der Waals surface area contributed by atoms with E-state index >= 15 is 0 Å². The van der Waals surface area contributed by atoms with Gasteiger partial charge in [0, 0.05) is 39.8 Å². The van der Waals surface area contributed by atoms with Gasteiger partial charge in [-0.25, -0.2) is 14.6 Å². The summed E-state index contributed by atoms with van der Waals surface area (Å²) in [5.41, 5.74) is 2.22. The Morgan fingerprint density at radius 3 is 2.56 bits per heavy atom. The first kappa shape index (κ1) is 28.2. The topological polar surface area (TPSA) is 109 Å². The van der Waals surface area contributed by atoms with Crippen molar-refractivity contribution >= 4 is 28.6 Å². The molecule has 12 heteroatoms. The number of carbonyl (C=O) groups excluding carboxylic acids is 1. The van der Waals surface area contributed by atoms with Gasteiger partial charge in [-0.1, -0.05) is 12.1 Å². The second kappa shape index (κ2) is 12.9. The summed E-state index contributed by atoms with van der Waals surface area (Å²) in [6.45, 7) is 7.49. The zero-order valence-electron chi connectivity index (χ0n) is 24.3. The van der Waals surface area contributed by atoms with E-state index in [0.717, 1.165) is 53.5 Å². The van der Waals surface area contributed by atoms with Crippen molar-refractivity contribution in [3.8, 4) is 5.75 Å². The molecule has 0 unspecified atom stereocenters. The summed E-state index contributed by atoms with van der Waals surface area (Å²) in [4.78, 5) is 30.5. The van der Waals surface area contributed by atoms with E-state index in [2.05, 4.69) is 60.1 Å². The van der Waals surface area contributed by atoms with Gasteiger partial charge >= 0.3 is 0 Å². The highest BCUT2D eigenvalue weighted by atomic mass is 16.5. The second-order valence-electron chi connectivity index (χ2n) is 10.5. The maximum atomic E-state index is 13.2. The van der Waals surface area contributed by atoms with Crippen LogP contribution in [0.15, 0.2) is 48.9 Å². The standard InChI is InChI=1S/C29H38N10O2/c1-5-41-23-9-6-8-22(18-23)20-39-28-24(19-32-39)27(30-21-31-28)37-14-16-38(17-15-37)29(40)25-10-11-26(34-33-25)36(4)13-7-12-35(2)3/h6,8-11,18-19,21H,5,7,12-17,20H2,1-4H3. The molecule has 1 fully saturated rings. The fourth-order valence-electron chi connectivity index (χ4n) is 4.99. The number of hydrogen-bond donors (Lipinski definition) is 0. The molecular formula is C29H38N10O2. The van der Waals surface area contributed by atoms with Crippen molar-refractivity contribution < 1.29 is 9.53 Å². The summed E-state index contributed by atoms with van der Waals surface area (Å²) in [6, 6.07) is 11.7. The molecule has 216 valence electrons. The molecule has 3 aromatic heterocycles. The third kappa shape index (κ3) is 6.71. The first-order chi connectivity index (χ1) is 19.9. The molecule has 0 bridgehead atoms. The Kier molecular flexibility index (Phi) is 8.88. The molecule has 0 spiro atoms. The van der Waals surface area contributed by atoms with Crippen molar-refractivity contribution in [2.75, 3.05) is 76.8 Å². The number of nitrogens with zero attached hydrogens (tertiary/aromatic N) is 10. The van der Waals surface area contributed by atoms with Gasteiger partial charge in [0.05, 0.1) is 24.7 Å². The van der Waals surface area contributed by atoms with Gasteiger partial charge in [0.25, 0.3) is 5.91 Å². The Balaban J connectivity index is 1.20. The molecule has 1 amide bonds. The number of rotatable bonds is 11. The number of fused-ring (bicyclic) bond motifs is 1. The Bertz CT molecular complexity index is 1450. The van der Waals surface area contributed by atoms with Crippen LogP contribution in [-0.2, 0) is 6.54 Å². The number of piperazine rings is 1. The van der Waals surface area contributed by atoms with E-state index in [1.807, 2.05) is 54.0 Å². The van der Waals surface area contributed by atoms with Crippen LogP contribution in [0.5, 0.6) is 5.75 Å². The zero-order valence-corrected chi connectivity index (χ0v) is 24.3. The maximum absolute atomic E-state index is 13.2. The van der Waals surface area contributed by atoms with Crippen LogP contribution < -0.4 is 14.5 Å². The van der Waals surface area contributed by atoms with Crippen LogP contribution in [-0.4, -0.2) is 113 Å². The summed E-state index contributed by atoms with van der Waals surface area (Å²) >= 11 is 0. The molecule has 0 aliphatic carbocycles. The molecule has 1 aliphatic rings. The maximum Gasteiger partial charge on any atom is 0.274 e. The first-order valence-electron chi connectivity index (χ1n) is 14.0.